The van der Waals surface area contributed by atoms with Crippen LogP contribution >= 0.6 is 0 Å². The molecule has 32 heavy (non-hydrogen) atoms. The Morgan fingerprint density at radius 3 is 2.22 bits per heavy atom. The molecule has 7 nitrogen and oxygen atoms in total. The average Bonchev–Trinajstić information content (AvgIpc) is 2.72. The topological polar surface area (TPSA) is 102 Å². The van der Waals surface area contributed by atoms with Gasteiger partial charge in [0.05, 0.1) is 16.1 Å². The summed E-state index contributed by atoms with van der Waals surface area (Å²) in [6, 6.07) is 11.9. The Labute approximate surface area is 181 Å². The minimum absolute atomic E-state index is 0.0179. The molecule has 168 valence electrons. The molecule has 1 amide bonds. The monoisotopic (exact) mass is 465 g/mol. The highest BCUT2D eigenvalue weighted by atomic mass is 32.2. The van der Waals surface area contributed by atoms with Crippen molar-refractivity contribution in [3.63, 3.8) is 0 Å². The Morgan fingerprint density at radius 1 is 1.03 bits per heavy atom. The molecule has 0 aliphatic rings. The van der Waals surface area contributed by atoms with E-state index < -0.39 is 33.0 Å². The number of hydrogen-bond acceptors (Lipinski definition) is 5. The van der Waals surface area contributed by atoms with Crippen molar-refractivity contribution >= 4 is 21.4 Å². The molecule has 11 heteroatoms. The highest BCUT2D eigenvalue weighted by Crippen LogP contribution is 2.30. The van der Waals surface area contributed by atoms with Gasteiger partial charge in [-0.1, -0.05) is 6.07 Å². The Kier molecular flexibility index (Phi) is 5.98. The number of hydrazine groups is 1. The average molecular weight is 465 g/mol. The minimum atomic E-state index is -4.60. The largest absolute Gasteiger partial charge is 0.416 e. The summed E-state index contributed by atoms with van der Waals surface area (Å²) in [6.45, 7) is 1.51. The molecule has 2 N–H and O–H groups in total. The number of alkyl halides is 3. The summed E-state index contributed by atoms with van der Waals surface area (Å²) < 4.78 is 63.4. The number of aryl methyl sites for hydroxylation is 1. The van der Waals surface area contributed by atoms with Gasteiger partial charge >= 0.3 is 6.18 Å². The van der Waals surface area contributed by atoms with Crippen molar-refractivity contribution < 1.29 is 26.4 Å². The van der Waals surface area contributed by atoms with Crippen molar-refractivity contribution in [2.75, 3.05) is 11.3 Å². The molecular formula is C21H18F3N3O4S. The summed E-state index contributed by atoms with van der Waals surface area (Å²) in [5, 5.41) is 0.661. The van der Waals surface area contributed by atoms with Gasteiger partial charge in [-0.3, -0.25) is 14.2 Å². The van der Waals surface area contributed by atoms with Crippen molar-refractivity contribution in [2.45, 2.75) is 18.0 Å². The molecule has 0 saturated heterocycles. The summed E-state index contributed by atoms with van der Waals surface area (Å²) in [6.07, 6.45) is -3.58. The van der Waals surface area contributed by atoms with Gasteiger partial charge in [-0.05, 0) is 61.5 Å². The summed E-state index contributed by atoms with van der Waals surface area (Å²) in [4.78, 5) is 25.9. The molecule has 0 saturated carbocycles. The molecule has 2 aromatic carbocycles. The number of nitrogens with two attached hydrogens (primary N) is 1. The van der Waals surface area contributed by atoms with Crippen LogP contribution in [0.25, 0.3) is 5.69 Å². The number of carbonyl (C=O) groups excluding carboxylic acids is 1. The van der Waals surface area contributed by atoms with Crippen molar-refractivity contribution in [1.82, 2.24) is 4.57 Å². The van der Waals surface area contributed by atoms with E-state index in [2.05, 4.69) is 0 Å². The second kappa shape index (κ2) is 8.24. The van der Waals surface area contributed by atoms with E-state index in [0.717, 1.165) is 29.0 Å². The van der Waals surface area contributed by atoms with E-state index in [-0.39, 0.29) is 21.8 Å². The summed E-state index contributed by atoms with van der Waals surface area (Å²) in [5.41, 5.74) is -1.79. The summed E-state index contributed by atoms with van der Waals surface area (Å²) in [7, 11) is -3.46. The fourth-order valence-electron chi connectivity index (χ4n) is 3.04. The molecule has 0 spiro atoms. The number of aromatic nitrogens is 1. The molecule has 0 aliphatic carbocycles. The minimum Gasteiger partial charge on any atom is -0.281 e. The first-order valence-corrected chi connectivity index (χ1v) is 11.0. The van der Waals surface area contributed by atoms with Crippen molar-refractivity contribution in [1.29, 1.82) is 0 Å². The first kappa shape index (κ1) is 23.2. The van der Waals surface area contributed by atoms with E-state index >= 15 is 0 Å². The second-order valence-corrected chi connectivity index (χ2v) is 9.03. The zero-order valence-corrected chi connectivity index (χ0v) is 17.7. The van der Waals surface area contributed by atoms with Crippen LogP contribution in [0.2, 0.25) is 0 Å². The van der Waals surface area contributed by atoms with E-state index in [0.29, 0.717) is 10.7 Å². The lowest BCUT2D eigenvalue weighted by molar-refractivity contribution is -0.137. The first-order chi connectivity index (χ1) is 14.8. The number of hydrogen-bond donors (Lipinski definition) is 1. The van der Waals surface area contributed by atoms with Gasteiger partial charge in [-0.25, -0.2) is 19.3 Å². The van der Waals surface area contributed by atoms with Crippen LogP contribution in [-0.4, -0.2) is 25.1 Å². The molecule has 1 aromatic heterocycles. The Hall–Kier alpha value is -3.44. The van der Waals surface area contributed by atoms with E-state index in [1.165, 1.54) is 49.4 Å². The lowest BCUT2D eigenvalue weighted by Crippen LogP contribution is -2.41. The Balaban J connectivity index is 2.03. The lowest BCUT2D eigenvalue weighted by atomic mass is 10.1. The quantitative estimate of drug-likeness (QED) is 0.362. The number of anilines is 1. The van der Waals surface area contributed by atoms with E-state index in [1.54, 1.807) is 0 Å². The Bertz CT molecular complexity index is 1350. The fourth-order valence-corrected chi connectivity index (χ4v) is 3.67. The van der Waals surface area contributed by atoms with Crippen molar-refractivity contribution in [3.8, 4) is 5.69 Å². The maximum atomic E-state index is 13.1. The maximum absolute atomic E-state index is 13.1. The molecule has 0 bridgehead atoms. The maximum Gasteiger partial charge on any atom is 0.416 e. The number of rotatable bonds is 4. The third kappa shape index (κ3) is 4.58. The second-order valence-electron chi connectivity index (χ2n) is 7.02. The van der Waals surface area contributed by atoms with Crippen LogP contribution in [-0.2, 0) is 16.0 Å². The number of sulfone groups is 1. The van der Waals surface area contributed by atoms with Crippen molar-refractivity contribution in [2.24, 2.45) is 5.84 Å². The van der Waals surface area contributed by atoms with Crippen LogP contribution in [0.1, 0.15) is 21.6 Å². The third-order valence-electron chi connectivity index (χ3n) is 4.70. The molecule has 0 fully saturated rings. The van der Waals surface area contributed by atoms with Crippen LogP contribution in [0.5, 0.6) is 0 Å². The molecule has 3 rings (SSSR count). The number of amides is 1. The molecule has 1 heterocycles. The number of halogens is 3. The van der Waals surface area contributed by atoms with Gasteiger partial charge in [-0.15, -0.1) is 0 Å². The number of carbonyl (C=O) groups is 1. The molecule has 0 atom stereocenters. The number of pyridine rings is 1. The van der Waals surface area contributed by atoms with Crippen LogP contribution in [0.4, 0.5) is 18.9 Å². The smallest absolute Gasteiger partial charge is 0.281 e. The highest BCUT2D eigenvalue weighted by molar-refractivity contribution is 7.90. The molecule has 3 aromatic rings. The van der Waals surface area contributed by atoms with Gasteiger partial charge in [0, 0.05) is 17.6 Å². The molecule has 0 aliphatic heterocycles. The van der Waals surface area contributed by atoms with Gasteiger partial charge in [0.15, 0.2) is 9.84 Å². The van der Waals surface area contributed by atoms with E-state index in [1.807, 2.05) is 0 Å². The molecular weight excluding hydrogens is 447 g/mol. The summed E-state index contributed by atoms with van der Waals surface area (Å²) >= 11 is 0. The lowest BCUT2D eigenvalue weighted by Gasteiger charge is -2.18. The van der Waals surface area contributed by atoms with Crippen LogP contribution in [0.15, 0.2) is 70.4 Å². The normalized spacial score (nSPS) is 11.9. The van der Waals surface area contributed by atoms with Crippen LogP contribution in [0, 0.1) is 6.92 Å². The first-order valence-electron chi connectivity index (χ1n) is 9.10. The third-order valence-corrected chi connectivity index (χ3v) is 5.83. The number of benzene rings is 2. The predicted octanol–water partition coefficient (Wildman–Crippen LogP) is 3.09. The van der Waals surface area contributed by atoms with E-state index in [4.69, 9.17) is 5.84 Å². The van der Waals surface area contributed by atoms with Gasteiger partial charge in [0.25, 0.3) is 11.5 Å². The zero-order valence-electron chi connectivity index (χ0n) is 16.9. The zero-order chi connectivity index (χ0) is 23.8. The molecule has 0 unspecified atom stereocenters. The highest BCUT2D eigenvalue weighted by Gasteiger charge is 2.31. The fraction of sp³-hybridized carbons (Fsp3) is 0.143. The van der Waals surface area contributed by atoms with Crippen molar-refractivity contribution in [3.05, 3.63) is 87.8 Å². The summed E-state index contributed by atoms with van der Waals surface area (Å²) in [5.74, 6) is 4.93. The number of nitrogens with zero attached hydrogens (tertiary/aromatic N) is 2. The van der Waals surface area contributed by atoms with Crippen LogP contribution in [0.3, 0.4) is 0 Å². The van der Waals surface area contributed by atoms with Gasteiger partial charge in [0.2, 0.25) is 0 Å². The van der Waals surface area contributed by atoms with Crippen LogP contribution < -0.4 is 16.4 Å². The predicted molar refractivity (Wildman–Crippen MR) is 112 cm³/mol. The van der Waals surface area contributed by atoms with Gasteiger partial charge in [-0.2, -0.15) is 13.2 Å². The molecule has 0 radical (unpaired) electrons. The SMILES string of the molecule is Cc1ccc(C(=O)N(N)c2ccc(S(C)(=O)=O)cc2)c(=O)n1-c1cccc(C(F)(F)F)c1. The van der Waals surface area contributed by atoms with E-state index in [9.17, 15) is 31.2 Å². The van der Waals surface area contributed by atoms with Gasteiger partial charge < -0.3 is 0 Å². The van der Waals surface area contributed by atoms with Gasteiger partial charge in [0.1, 0.15) is 5.56 Å². The standard InChI is InChI=1S/C21H18F3N3O4S/c1-13-6-11-18(19(28)26(13)16-5-3-4-14(12-16)21(22,23)24)20(29)27(25)15-7-9-17(10-8-15)32(2,30)31/h3-12H,25H2,1-2H3. The Morgan fingerprint density at radius 2 is 1.66 bits per heavy atom.